The van der Waals surface area contributed by atoms with Crippen LogP contribution in [0.2, 0.25) is 0 Å². The number of aromatic nitrogens is 1. The van der Waals surface area contributed by atoms with Crippen LogP contribution in [0.5, 0.6) is 5.75 Å². The molecule has 2 atom stereocenters. The van der Waals surface area contributed by atoms with Crippen LogP contribution in [0.4, 0.5) is 11.4 Å². The molecule has 0 radical (unpaired) electrons. The lowest BCUT2D eigenvalue weighted by Crippen LogP contribution is -2.54. The summed E-state index contributed by atoms with van der Waals surface area (Å²) >= 11 is 0. The largest absolute Gasteiger partial charge is 0.495 e. The van der Waals surface area contributed by atoms with Crippen LogP contribution in [-0.2, 0) is 10.0 Å². The van der Waals surface area contributed by atoms with Crippen molar-refractivity contribution in [2.75, 3.05) is 29.8 Å². The molecule has 3 aromatic rings. The minimum atomic E-state index is -3.86. The molecule has 0 amide bonds. The molecule has 1 aromatic carbocycles. The van der Waals surface area contributed by atoms with Gasteiger partial charge in [-0.1, -0.05) is 0 Å². The summed E-state index contributed by atoms with van der Waals surface area (Å²) in [5, 5.41) is 3.50. The lowest BCUT2D eigenvalue weighted by atomic mass is 10.1. The summed E-state index contributed by atoms with van der Waals surface area (Å²) in [4.78, 5) is 6.56. The minimum absolute atomic E-state index is 0.0569. The van der Waals surface area contributed by atoms with Crippen LogP contribution in [0.15, 0.2) is 58.0 Å². The fourth-order valence-electron chi connectivity index (χ4n) is 3.97. The van der Waals surface area contributed by atoms with E-state index in [4.69, 9.17) is 9.15 Å². The van der Waals surface area contributed by atoms with Gasteiger partial charge in [-0.2, -0.15) is 0 Å². The molecule has 3 heterocycles. The predicted octanol–water partition coefficient (Wildman–Crippen LogP) is 3.65. The molecule has 1 saturated heterocycles. The van der Waals surface area contributed by atoms with Gasteiger partial charge >= 0.3 is 0 Å². The number of sulfonamides is 1. The Morgan fingerprint density at radius 3 is 2.47 bits per heavy atom. The van der Waals surface area contributed by atoms with Gasteiger partial charge in [0, 0.05) is 37.1 Å². The van der Waals surface area contributed by atoms with E-state index in [0.717, 1.165) is 24.5 Å². The monoisotopic (exact) mass is 456 g/mol. The smallest absolute Gasteiger partial charge is 0.263 e. The van der Waals surface area contributed by atoms with Crippen LogP contribution >= 0.6 is 0 Å². The number of benzene rings is 1. The van der Waals surface area contributed by atoms with Crippen molar-refractivity contribution in [3.63, 3.8) is 0 Å². The van der Waals surface area contributed by atoms with Crippen molar-refractivity contribution >= 4 is 21.4 Å². The minimum Gasteiger partial charge on any atom is -0.495 e. The van der Waals surface area contributed by atoms with Crippen molar-refractivity contribution in [3.8, 4) is 17.2 Å². The van der Waals surface area contributed by atoms with Crippen LogP contribution in [0.3, 0.4) is 0 Å². The molecule has 1 aliphatic rings. The van der Waals surface area contributed by atoms with Gasteiger partial charge in [0.1, 0.15) is 22.1 Å². The number of anilines is 2. The first-order valence-electron chi connectivity index (χ1n) is 10.5. The normalized spacial score (nSPS) is 19.1. The molecular weight excluding hydrogens is 428 g/mol. The highest BCUT2D eigenvalue weighted by molar-refractivity contribution is 7.92. The Morgan fingerprint density at radius 2 is 1.88 bits per heavy atom. The number of piperazine rings is 1. The Labute approximate surface area is 188 Å². The zero-order valence-electron chi connectivity index (χ0n) is 18.6. The van der Waals surface area contributed by atoms with Crippen molar-refractivity contribution < 1.29 is 17.6 Å². The van der Waals surface area contributed by atoms with Crippen LogP contribution in [0.1, 0.15) is 19.6 Å². The first-order valence-corrected chi connectivity index (χ1v) is 12.0. The van der Waals surface area contributed by atoms with E-state index in [1.165, 1.54) is 19.4 Å². The highest BCUT2D eigenvalue weighted by atomic mass is 32.2. The molecule has 32 heavy (non-hydrogen) atoms. The molecule has 1 fully saturated rings. The molecule has 9 heteroatoms. The topological polar surface area (TPSA) is 96.7 Å². The number of hydrogen-bond donors (Lipinski definition) is 2. The van der Waals surface area contributed by atoms with Crippen LogP contribution in [-0.4, -0.2) is 45.7 Å². The van der Waals surface area contributed by atoms with Gasteiger partial charge in [0.25, 0.3) is 10.0 Å². The summed E-state index contributed by atoms with van der Waals surface area (Å²) in [7, 11) is -2.35. The SMILES string of the molecule is COc1ccc(N2C[C@@H](C)N[C@@H](C)C2)cc1NS(=O)(=O)c1ccc(-c2ccc(C)o2)nc1. The maximum atomic E-state index is 13.1. The molecule has 0 unspecified atom stereocenters. The summed E-state index contributed by atoms with van der Waals surface area (Å²) in [5.41, 5.74) is 1.89. The zero-order valence-corrected chi connectivity index (χ0v) is 19.4. The first kappa shape index (κ1) is 22.2. The fourth-order valence-corrected chi connectivity index (χ4v) is 4.98. The Bertz CT molecular complexity index is 1180. The van der Waals surface area contributed by atoms with Gasteiger partial charge in [-0.3, -0.25) is 9.71 Å². The molecule has 1 aliphatic heterocycles. The van der Waals surface area contributed by atoms with Gasteiger partial charge in [-0.05, 0) is 63.2 Å². The van der Waals surface area contributed by atoms with Crippen molar-refractivity contribution in [3.05, 3.63) is 54.4 Å². The number of aryl methyl sites for hydroxylation is 1. The fraction of sp³-hybridized carbons (Fsp3) is 0.348. The molecular formula is C23H28N4O4S. The zero-order chi connectivity index (χ0) is 22.9. The third-order valence-electron chi connectivity index (χ3n) is 5.39. The number of rotatable bonds is 6. The quantitative estimate of drug-likeness (QED) is 0.584. The Balaban J connectivity index is 1.59. The summed E-state index contributed by atoms with van der Waals surface area (Å²) in [6.45, 7) is 7.78. The van der Waals surface area contributed by atoms with E-state index in [2.05, 4.69) is 33.8 Å². The number of nitrogens with one attached hydrogen (secondary N) is 2. The third-order valence-corrected chi connectivity index (χ3v) is 6.74. The van der Waals surface area contributed by atoms with Crippen molar-refractivity contribution in [1.82, 2.24) is 10.3 Å². The average Bonchev–Trinajstić information content (AvgIpc) is 3.19. The van der Waals surface area contributed by atoms with Gasteiger partial charge < -0.3 is 19.4 Å². The second kappa shape index (κ2) is 8.84. The molecule has 0 aliphatic carbocycles. The number of hydrogen-bond acceptors (Lipinski definition) is 7. The Morgan fingerprint density at radius 1 is 1.12 bits per heavy atom. The molecule has 0 spiro atoms. The van der Waals surface area contributed by atoms with Gasteiger partial charge in [0.05, 0.1) is 12.8 Å². The highest BCUT2D eigenvalue weighted by Crippen LogP contribution is 2.32. The number of nitrogens with zero attached hydrogens (tertiary/aromatic N) is 2. The highest BCUT2D eigenvalue weighted by Gasteiger charge is 2.23. The first-order chi connectivity index (χ1) is 15.2. The van der Waals surface area contributed by atoms with E-state index in [0.29, 0.717) is 35.0 Å². The second-order valence-corrected chi connectivity index (χ2v) is 9.84. The standard InChI is InChI=1S/C23H28N4O4S/c1-15-13-27(14-16(2)25-15)18-6-10-22(30-4)21(11-18)26-32(28,29)19-7-8-20(24-12-19)23-9-5-17(3)31-23/h5-12,15-16,25-26H,13-14H2,1-4H3/t15-,16+. The van der Waals surface area contributed by atoms with Crippen LogP contribution in [0.25, 0.3) is 11.5 Å². The van der Waals surface area contributed by atoms with Crippen molar-refractivity contribution in [2.24, 2.45) is 0 Å². The predicted molar refractivity (Wildman–Crippen MR) is 125 cm³/mol. The maximum absolute atomic E-state index is 13.1. The second-order valence-electron chi connectivity index (χ2n) is 8.15. The van der Waals surface area contributed by atoms with Gasteiger partial charge in [0.15, 0.2) is 5.76 Å². The molecule has 8 nitrogen and oxygen atoms in total. The summed E-state index contributed by atoms with van der Waals surface area (Å²) in [6.07, 6.45) is 1.32. The van der Waals surface area contributed by atoms with E-state index in [1.807, 2.05) is 25.1 Å². The van der Waals surface area contributed by atoms with Crippen molar-refractivity contribution in [1.29, 1.82) is 0 Å². The Kier molecular flexibility index (Phi) is 6.12. The lowest BCUT2D eigenvalue weighted by molar-refractivity contribution is 0.406. The van der Waals surface area contributed by atoms with E-state index >= 15 is 0 Å². The summed E-state index contributed by atoms with van der Waals surface area (Å²) in [5.74, 6) is 1.80. The number of furan rings is 1. The third kappa shape index (κ3) is 4.73. The number of methoxy groups -OCH3 is 1. The van der Waals surface area contributed by atoms with Crippen LogP contribution in [0, 0.1) is 6.92 Å². The van der Waals surface area contributed by atoms with E-state index in [-0.39, 0.29) is 4.90 Å². The van der Waals surface area contributed by atoms with E-state index < -0.39 is 10.0 Å². The molecule has 2 aromatic heterocycles. The van der Waals surface area contributed by atoms with E-state index in [9.17, 15) is 8.42 Å². The molecule has 4 rings (SSSR count). The summed E-state index contributed by atoms with van der Waals surface area (Å²) in [6, 6.07) is 13.0. The van der Waals surface area contributed by atoms with Gasteiger partial charge in [0.2, 0.25) is 0 Å². The summed E-state index contributed by atoms with van der Waals surface area (Å²) < 4.78 is 39.7. The maximum Gasteiger partial charge on any atom is 0.263 e. The van der Waals surface area contributed by atoms with Crippen molar-refractivity contribution in [2.45, 2.75) is 37.8 Å². The van der Waals surface area contributed by atoms with Gasteiger partial charge in [-0.15, -0.1) is 0 Å². The average molecular weight is 457 g/mol. The molecule has 0 bridgehead atoms. The lowest BCUT2D eigenvalue weighted by Gasteiger charge is -2.38. The van der Waals surface area contributed by atoms with Crippen LogP contribution < -0.4 is 19.7 Å². The molecule has 2 N–H and O–H groups in total. The Hall–Kier alpha value is -3.04. The number of ether oxygens (including phenoxy) is 1. The van der Waals surface area contributed by atoms with E-state index in [1.54, 1.807) is 18.2 Å². The molecule has 0 saturated carbocycles. The number of pyridine rings is 1. The molecule has 170 valence electrons. The van der Waals surface area contributed by atoms with Gasteiger partial charge in [-0.25, -0.2) is 8.42 Å².